The molecule has 9 nitrogen and oxygen atoms in total. The second-order valence-electron chi connectivity index (χ2n) is 9.18. The lowest BCUT2D eigenvalue weighted by molar-refractivity contribution is 0.0959. The third-order valence-corrected chi connectivity index (χ3v) is 8.65. The van der Waals surface area contributed by atoms with E-state index in [0.717, 1.165) is 27.9 Å². The van der Waals surface area contributed by atoms with Crippen molar-refractivity contribution in [1.29, 1.82) is 0 Å². The summed E-state index contributed by atoms with van der Waals surface area (Å²) in [6, 6.07) is 23.6. The van der Waals surface area contributed by atoms with Gasteiger partial charge in [-0.15, -0.1) is 11.3 Å². The molecule has 11 heteroatoms. The number of amides is 1. The van der Waals surface area contributed by atoms with E-state index in [9.17, 15) is 13.2 Å². The van der Waals surface area contributed by atoms with Gasteiger partial charge in [-0.2, -0.15) is 0 Å². The Bertz CT molecular complexity index is 1840. The number of thiophene rings is 1. The Morgan fingerprint density at radius 1 is 0.951 bits per heavy atom. The number of nitrogen functional groups attached to an aromatic ring is 1. The number of nitrogens with zero attached hydrogens (tertiary/aromatic N) is 1. The fourth-order valence-electron chi connectivity index (χ4n) is 4.60. The number of aromatic nitrogens is 1. The first-order valence-corrected chi connectivity index (χ1v) is 15.0. The van der Waals surface area contributed by atoms with Crippen LogP contribution in [0.15, 0.2) is 83.8 Å². The van der Waals surface area contributed by atoms with Gasteiger partial charge in [0.2, 0.25) is 10.0 Å². The average molecular weight is 589 g/mol. The van der Waals surface area contributed by atoms with E-state index in [0.29, 0.717) is 45.2 Å². The van der Waals surface area contributed by atoms with Crippen molar-refractivity contribution >= 4 is 43.2 Å². The second-order valence-corrected chi connectivity index (χ2v) is 11.7. The fraction of sp³-hybridized carbons (Fsp3) is 0.133. The number of rotatable bonds is 9. The molecule has 0 unspecified atom stereocenters. The maximum atomic E-state index is 13.3. The van der Waals surface area contributed by atoms with Crippen molar-refractivity contribution < 1.29 is 22.7 Å². The summed E-state index contributed by atoms with van der Waals surface area (Å²) in [6.45, 7) is 0.320. The molecule has 0 aliphatic carbocycles. The topological polar surface area (TPSA) is 147 Å². The lowest BCUT2D eigenvalue weighted by atomic mass is 9.98. The Morgan fingerprint density at radius 3 is 2.34 bits per heavy atom. The number of benzene rings is 3. The van der Waals surface area contributed by atoms with Gasteiger partial charge < -0.3 is 20.5 Å². The molecule has 5 N–H and O–H groups in total. The van der Waals surface area contributed by atoms with Crippen molar-refractivity contribution in [2.45, 2.75) is 11.3 Å². The molecule has 5 rings (SSSR count). The Labute approximate surface area is 241 Å². The largest absolute Gasteiger partial charge is 0.493 e. The molecular weight excluding hydrogens is 560 g/mol. The van der Waals surface area contributed by atoms with Gasteiger partial charge in [0.05, 0.1) is 30.5 Å². The number of hydrogen-bond acceptors (Lipinski definition) is 8. The Kier molecular flexibility index (Phi) is 7.93. The minimum Gasteiger partial charge on any atom is -0.493 e. The van der Waals surface area contributed by atoms with Gasteiger partial charge in [-0.05, 0) is 36.2 Å². The minimum absolute atomic E-state index is 0.0363. The fourth-order valence-corrected chi connectivity index (χ4v) is 6.16. The highest BCUT2D eigenvalue weighted by molar-refractivity contribution is 7.89. The van der Waals surface area contributed by atoms with Crippen molar-refractivity contribution in [3.05, 3.63) is 89.3 Å². The number of sulfonamides is 1. The Morgan fingerprint density at radius 2 is 1.68 bits per heavy atom. The van der Waals surface area contributed by atoms with Crippen LogP contribution in [0.1, 0.15) is 15.2 Å². The van der Waals surface area contributed by atoms with E-state index in [-0.39, 0.29) is 10.8 Å². The van der Waals surface area contributed by atoms with Crippen LogP contribution in [-0.4, -0.2) is 40.1 Å². The Balaban J connectivity index is 1.51. The van der Waals surface area contributed by atoms with E-state index in [2.05, 4.69) is 5.32 Å². The number of pyridine rings is 1. The van der Waals surface area contributed by atoms with E-state index in [1.54, 1.807) is 26.4 Å². The van der Waals surface area contributed by atoms with E-state index in [1.165, 1.54) is 23.5 Å². The summed E-state index contributed by atoms with van der Waals surface area (Å²) >= 11 is 1.22. The molecule has 0 bridgehead atoms. The molecule has 2 aromatic heterocycles. The summed E-state index contributed by atoms with van der Waals surface area (Å²) in [5.74, 6) is 0.795. The molecule has 0 saturated carbocycles. The van der Waals surface area contributed by atoms with Crippen molar-refractivity contribution in [2.24, 2.45) is 5.14 Å². The maximum Gasteiger partial charge on any atom is 0.263 e. The van der Waals surface area contributed by atoms with Gasteiger partial charge in [-0.25, -0.2) is 18.5 Å². The van der Waals surface area contributed by atoms with Crippen LogP contribution in [0.25, 0.3) is 32.6 Å². The van der Waals surface area contributed by atoms with Crippen LogP contribution in [0.3, 0.4) is 0 Å². The summed E-state index contributed by atoms with van der Waals surface area (Å²) in [5, 5.41) is 8.74. The number of hydrogen-bond donors (Lipinski definition) is 3. The van der Waals surface area contributed by atoms with Crippen LogP contribution < -0.4 is 25.7 Å². The lowest BCUT2D eigenvalue weighted by Crippen LogP contribution is -2.25. The molecule has 0 spiro atoms. The van der Waals surface area contributed by atoms with E-state index >= 15 is 0 Å². The molecule has 0 radical (unpaired) electrons. The van der Waals surface area contributed by atoms with E-state index in [4.69, 9.17) is 25.3 Å². The summed E-state index contributed by atoms with van der Waals surface area (Å²) in [4.78, 5) is 19.2. The molecule has 0 saturated heterocycles. The SMILES string of the molecule is COc1cccc(-c2cc(-c3ccccc3)nc3sc(C(=O)NCCc4ccc(S(N)(=O)=O)cc4)c(N)c23)c1OC. The molecule has 5 aromatic rings. The zero-order chi connectivity index (χ0) is 29.1. The van der Waals surface area contributed by atoms with Gasteiger partial charge in [-0.3, -0.25) is 4.79 Å². The van der Waals surface area contributed by atoms with Crippen molar-refractivity contribution in [2.75, 3.05) is 26.5 Å². The second kappa shape index (κ2) is 11.6. The van der Waals surface area contributed by atoms with E-state index < -0.39 is 10.0 Å². The number of nitrogens with two attached hydrogens (primary N) is 2. The zero-order valence-electron chi connectivity index (χ0n) is 22.4. The standard InChI is InChI=1S/C30H28N4O5S2/c1-38-24-10-6-9-21(27(24)39-2)22-17-23(19-7-4-3-5-8-19)34-30-25(22)26(31)28(40-30)29(35)33-16-15-18-11-13-20(14-12-18)41(32,36)37/h3-14,17H,15-16,31H2,1-2H3,(H,33,35)(H2,32,36,37). The number of carbonyl (C=O) groups excluding carboxylic acids is 1. The van der Waals surface area contributed by atoms with Crippen LogP contribution in [0.5, 0.6) is 11.5 Å². The zero-order valence-corrected chi connectivity index (χ0v) is 24.0. The van der Waals surface area contributed by atoms with Crippen molar-refractivity contribution in [3.8, 4) is 33.9 Å². The molecule has 2 heterocycles. The van der Waals surface area contributed by atoms with Gasteiger partial charge >= 0.3 is 0 Å². The van der Waals surface area contributed by atoms with E-state index in [1.807, 2.05) is 54.6 Å². The van der Waals surface area contributed by atoms with Gasteiger partial charge in [0.15, 0.2) is 11.5 Å². The third kappa shape index (κ3) is 5.73. The summed E-state index contributed by atoms with van der Waals surface area (Å²) in [6.07, 6.45) is 0.490. The summed E-state index contributed by atoms with van der Waals surface area (Å²) in [5.41, 5.74) is 11.0. The molecule has 3 aromatic carbocycles. The molecule has 0 atom stereocenters. The number of para-hydroxylation sites is 1. The monoisotopic (exact) mass is 588 g/mol. The van der Waals surface area contributed by atoms with Gasteiger partial charge in [0.1, 0.15) is 9.71 Å². The van der Waals surface area contributed by atoms with Crippen molar-refractivity contribution in [1.82, 2.24) is 10.3 Å². The first-order chi connectivity index (χ1) is 19.7. The van der Waals surface area contributed by atoms with Crippen LogP contribution in [0, 0.1) is 0 Å². The average Bonchev–Trinajstić information content (AvgIpc) is 3.32. The first-order valence-electron chi connectivity index (χ1n) is 12.6. The third-order valence-electron chi connectivity index (χ3n) is 6.62. The highest BCUT2D eigenvalue weighted by atomic mass is 32.2. The highest BCUT2D eigenvalue weighted by Gasteiger charge is 2.24. The quantitative estimate of drug-likeness (QED) is 0.223. The normalized spacial score (nSPS) is 11.4. The molecule has 0 aliphatic rings. The smallest absolute Gasteiger partial charge is 0.263 e. The first kappa shape index (κ1) is 28.1. The predicted octanol–water partition coefficient (Wildman–Crippen LogP) is 4.85. The molecule has 0 aliphatic heterocycles. The summed E-state index contributed by atoms with van der Waals surface area (Å²) < 4.78 is 34.2. The number of ether oxygens (including phenoxy) is 2. The molecular formula is C30H28N4O5S2. The maximum absolute atomic E-state index is 13.3. The Hall–Kier alpha value is -4.45. The number of fused-ring (bicyclic) bond motifs is 1. The van der Waals surface area contributed by atoms with Crippen LogP contribution in [0.4, 0.5) is 5.69 Å². The van der Waals surface area contributed by atoms with Gasteiger partial charge in [0, 0.05) is 28.6 Å². The predicted molar refractivity (Wildman–Crippen MR) is 162 cm³/mol. The van der Waals surface area contributed by atoms with Crippen LogP contribution in [0.2, 0.25) is 0 Å². The molecule has 41 heavy (non-hydrogen) atoms. The number of carbonyl (C=O) groups is 1. The molecule has 1 amide bonds. The van der Waals surface area contributed by atoms with Crippen LogP contribution >= 0.6 is 11.3 Å². The summed E-state index contributed by atoms with van der Waals surface area (Å²) in [7, 11) is -0.605. The van der Waals surface area contributed by atoms with Gasteiger partial charge in [0.25, 0.3) is 5.91 Å². The van der Waals surface area contributed by atoms with Crippen LogP contribution in [-0.2, 0) is 16.4 Å². The van der Waals surface area contributed by atoms with Gasteiger partial charge in [-0.1, -0.05) is 54.6 Å². The number of nitrogens with one attached hydrogen (secondary N) is 1. The number of methoxy groups -OCH3 is 2. The van der Waals surface area contributed by atoms with Crippen molar-refractivity contribution in [3.63, 3.8) is 0 Å². The number of anilines is 1. The molecule has 210 valence electrons. The number of primary sulfonamides is 1. The minimum atomic E-state index is -3.76. The lowest BCUT2D eigenvalue weighted by Gasteiger charge is -2.15. The highest BCUT2D eigenvalue weighted by Crippen LogP contribution is 2.46. The molecule has 0 fully saturated rings.